The molecular formula is C14H22ClNO. The first-order valence-corrected chi connectivity index (χ1v) is 6.23. The van der Waals surface area contributed by atoms with E-state index in [9.17, 15) is 0 Å². The highest BCUT2D eigenvalue weighted by Gasteiger charge is 2.16. The van der Waals surface area contributed by atoms with Crippen molar-refractivity contribution in [1.82, 2.24) is 5.32 Å². The summed E-state index contributed by atoms with van der Waals surface area (Å²) in [6.45, 7) is 6.58. The van der Waals surface area contributed by atoms with Crippen molar-refractivity contribution in [1.29, 1.82) is 0 Å². The van der Waals surface area contributed by atoms with Crippen LogP contribution in [0.5, 0.6) is 5.75 Å². The molecule has 0 bridgehead atoms. The lowest BCUT2D eigenvalue weighted by Crippen LogP contribution is -2.34. The van der Waals surface area contributed by atoms with Crippen LogP contribution in [0.2, 0.25) is 0 Å². The number of hydrogen-bond acceptors (Lipinski definition) is 2. The van der Waals surface area contributed by atoms with E-state index in [-0.39, 0.29) is 12.4 Å². The van der Waals surface area contributed by atoms with E-state index in [0.29, 0.717) is 12.0 Å². The number of ether oxygens (including phenoxy) is 1. The molecule has 17 heavy (non-hydrogen) atoms. The Morgan fingerprint density at radius 1 is 1.18 bits per heavy atom. The van der Waals surface area contributed by atoms with E-state index in [1.54, 1.807) is 0 Å². The molecule has 2 nitrogen and oxygen atoms in total. The van der Waals surface area contributed by atoms with Gasteiger partial charge in [-0.2, -0.15) is 0 Å². The SMILES string of the molecule is CC(C)c1ccccc1OC1CCNCC1.Cl. The van der Waals surface area contributed by atoms with Gasteiger partial charge in [-0.3, -0.25) is 0 Å². The van der Waals surface area contributed by atoms with E-state index in [1.807, 2.05) is 0 Å². The number of piperidine rings is 1. The van der Waals surface area contributed by atoms with E-state index in [0.717, 1.165) is 31.7 Å². The third kappa shape index (κ3) is 3.90. The second kappa shape index (κ2) is 6.87. The lowest BCUT2D eigenvalue weighted by Gasteiger charge is -2.25. The van der Waals surface area contributed by atoms with Gasteiger partial charge in [0.1, 0.15) is 11.9 Å². The van der Waals surface area contributed by atoms with Crippen molar-refractivity contribution < 1.29 is 4.74 Å². The van der Waals surface area contributed by atoms with Crippen molar-refractivity contribution in [2.24, 2.45) is 0 Å². The zero-order chi connectivity index (χ0) is 11.4. The lowest BCUT2D eigenvalue weighted by atomic mass is 10.0. The monoisotopic (exact) mass is 255 g/mol. The first kappa shape index (κ1) is 14.3. The van der Waals surface area contributed by atoms with E-state index in [1.165, 1.54) is 5.56 Å². The van der Waals surface area contributed by atoms with Gasteiger partial charge in [-0.1, -0.05) is 32.0 Å². The Balaban J connectivity index is 0.00000144. The van der Waals surface area contributed by atoms with Crippen LogP contribution in [-0.4, -0.2) is 19.2 Å². The molecule has 1 saturated heterocycles. The van der Waals surface area contributed by atoms with Crippen molar-refractivity contribution in [2.75, 3.05) is 13.1 Å². The van der Waals surface area contributed by atoms with Gasteiger partial charge in [-0.15, -0.1) is 12.4 Å². The van der Waals surface area contributed by atoms with Crippen LogP contribution in [0.3, 0.4) is 0 Å². The third-order valence-corrected chi connectivity index (χ3v) is 3.12. The maximum absolute atomic E-state index is 6.11. The third-order valence-electron chi connectivity index (χ3n) is 3.12. The summed E-state index contributed by atoms with van der Waals surface area (Å²) in [6.07, 6.45) is 2.62. The van der Waals surface area contributed by atoms with Crippen molar-refractivity contribution in [3.8, 4) is 5.75 Å². The predicted octanol–water partition coefficient (Wildman–Crippen LogP) is 3.36. The molecule has 0 aromatic heterocycles. The van der Waals surface area contributed by atoms with Crippen LogP contribution in [-0.2, 0) is 0 Å². The molecule has 0 spiro atoms. The number of para-hydroxylation sites is 1. The zero-order valence-electron chi connectivity index (χ0n) is 10.6. The predicted molar refractivity (Wildman–Crippen MR) is 74.3 cm³/mol. The highest BCUT2D eigenvalue weighted by atomic mass is 35.5. The van der Waals surface area contributed by atoms with Gasteiger partial charge in [-0.05, 0) is 43.5 Å². The zero-order valence-corrected chi connectivity index (χ0v) is 11.4. The molecule has 0 unspecified atom stereocenters. The van der Waals surface area contributed by atoms with Gasteiger partial charge in [-0.25, -0.2) is 0 Å². The minimum absolute atomic E-state index is 0. The first-order valence-electron chi connectivity index (χ1n) is 6.23. The standard InChI is InChI=1S/C14H21NO.ClH/c1-11(2)13-5-3-4-6-14(13)16-12-7-9-15-10-8-12;/h3-6,11-12,15H,7-10H2,1-2H3;1H. The summed E-state index contributed by atoms with van der Waals surface area (Å²) in [5.41, 5.74) is 1.32. The van der Waals surface area contributed by atoms with Crippen LogP contribution in [0.1, 0.15) is 38.2 Å². The summed E-state index contributed by atoms with van der Waals surface area (Å²) >= 11 is 0. The van der Waals surface area contributed by atoms with Crippen LogP contribution < -0.4 is 10.1 Å². The molecule has 1 heterocycles. The van der Waals surface area contributed by atoms with Crippen LogP contribution in [0.25, 0.3) is 0 Å². The molecule has 2 rings (SSSR count). The lowest BCUT2D eigenvalue weighted by molar-refractivity contribution is 0.160. The first-order chi connectivity index (χ1) is 7.77. The van der Waals surface area contributed by atoms with Gasteiger partial charge in [0.2, 0.25) is 0 Å². The summed E-state index contributed by atoms with van der Waals surface area (Å²) in [7, 11) is 0. The molecule has 1 fully saturated rings. The molecule has 1 aliphatic rings. The van der Waals surface area contributed by atoms with Crippen molar-refractivity contribution in [2.45, 2.75) is 38.7 Å². The summed E-state index contributed by atoms with van der Waals surface area (Å²) < 4.78 is 6.11. The molecule has 0 radical (unpaired) electrons. The minimum atomic E-state index is 0. The van der Waals surface area contributed by atoms with Gasteiger partial charge >= 0.3 is 0 Å². The quantitative estimate of drug-likeness (QED) is 0.894. The van der Waals surface area contributed by atoms with Gasteiger partial charge < -0.3 is 10.1 Å². The molecule has 0 amide bonds. The molecular weight excluding hydrogens is 234 g/mol. The number of benzene rings is 1. The number of hydrogen-bond donors (Lipinski definition) is 1. The number of halogens is 1. The fourth-order valence-electron chi connectivity index (χ4n) is 2.16. The average molecular weight is 256 g/mol. The number of nitrogens with one attached hydrogen (secondary N) is 1. The smallest absolute Gasteiger partial charge is 0.123 e. The fourth-order valence-corrected chi connectivity index (χ4v) is 2.16. The fraction of sp³-hybridized carbons (Fsp3) is 0.571. The summed E-state index contributed by atoms with van der Waals surface area (Å²) in [4.78, 5) is 0. The van der Waals surface area contributed by atoms with Gasteiger partial charge in [0, 0.05) is 0 Å². The molecule has 1 aliphatic heterocycles. The molecule has 3 heteroatoms. The molecule has 0 atom stereocenters. The summed E-state index contributed by atoms with van der Waals surface area (Å²) in [6, 6.07) is 8.41. The maximum Gasteiger partial charge on any atom is 0.123 e. The van der Waals surface area contributed by atoms with Crippen LogP contribution >= 0.6 is 12.4 Å². The molecule has 96 valence electrons. The maximum atomic E-state index is 6.11. The van der Waals surface area contributed by atoms with Gasteiger partial charge in [0.25, 0.3) is 0 Å². The second-order valence-corrected chi connectivity index (χ2v) is 4.76. The molecule has 0 aliphatic carbocycles. The second-order valence-electron chi connectivity index (χ2n) is 4.76. The largest absolute Gasteiger partial charge is 0.490 e. The van der Waals surface area contributed by atoms with E-state index in [2.05, 4.69) is 43.4 Å². The van der Waals surface area contributed by atoms with E-state index in [4.69, 9.17) is 4.74 Å². The van der Waals surface area contributed by atoms with Gasteiger partial charge in [0.15, 0.2) is 0 Å². The summed E-state index contributed by atoms with van der Waals surface area (Å²) in [5, 5.41) is 3.36. The van der Waals surface area contributed by atoms with Crippen molar-refractivity contribution in [3.05, 3.63) is 29.8 Å². The number of rotatable bonds is 3. The molecule has 1 N–H and O–H groups in total. The van der Waals surface area contributed by atoms with Crippen molar-refractivity contribution in [3.63, 3.8) is 0 Å². The normalized spacial score (nSPS) is 16.6. The molecule has 0 saturated carbocycles. The van der Waals surface area contributed by atoms with Crippen LogP contribution in [0.4, 0.5) is 0 Å². The Morgan fingerprint density at radius 3 is 2.47 bits per heavy atom. The Labute approximate surface area is 110 Å². The highest BCUT2D eigenvalue weighted by molar-refractivity contribution is 5.85. The van der Waals surface area contributed by atoms with Crippen molar-refractivity contribution >= 4 is 12.4 Å². The Kier molecular flexibility index (Phi) is 5.79. The Hall–Kier alpha value is -0.730. The van der Waals surface area contributed by atoms with Crippen LogP contribution in [0, 0.1) is 0 Å². The van der Waals surface area contributed by atoms with Gasteiger partial charge in [0.05, 0.1) is 0 Å². The minimum Gasteiger partial charge on any atom is -0.490 e. The summed E-state index contributed by atoms with van der Waals surface area (Å²) in [5.74, 6) is 1.60. The average Bonchev–Trinajstić information content (AvgIpc) is 2.31. The highest BCUT2D eigenvalue weighted by Crippen LogP contribution is 2.27. The van der Waals surface area contributed by atoms with Crippen LogP contribution in [0.15, 0.2) is 24.3 Å². The van der Waals surface area contributed by atoms with E-state index < -0.39 is 0 Å². The molecule has 1 aromatic carbocycles. The molecule has 1 aromatic rings. The topological polar surface area (TPSA) is 21.3 Å². The Morgan fingerprint density at radius 2 is 1.82 bits per heavy atom. The Bertz CT molecular complexity index is 335. The van der Waals surface area contributed by atoms with E-state index >= 15 is 0 Å².